The molecule has 1 aromatic carbocycles. The van der Waals surface area contributed by atoms with Gasteiger partial charge in [0, 0.05) is 6.42 Å². The maximum atomic E-state index is 10.2. The lowest BCUT2D eigenvalue weighted by Crippen LogP contribution is -2.61. The van der Waals surface area contributed by atoms with Crippen molar-refractivity contribution in [1.29, 1.82) is 0 Å². The van der Waals surface area contributed by atoms with Gasteiger partial charge in [0.25, 0.3) is 0 Å². The Labute approximate surface area is 116 Å². The first-order valence-corrected chi connectivity index (χ1v) is 6.57. The number of hydrogen-bond donors (Lipinski definition) is 5. The number of aliphatic hydroxyl groups excluding tert-OH is 5. The van der Waals surface area contributed by atoms with Gasteiger partial charge in [0.05, 0.1) is 12.7 Å². The van der Waals surface area contributed by atoms with Crippen molar-refractivity contribution in [2.75, 3.05) is 6.61 Å². The van der Waals surface area contributed by atoms with Crippen molar-refractivity contribution >= 4 is 0 Å². The van der Waals surface area contributed by atoms with Crippen molar-refractivity contribution in [2.24, 2.45) is 0 Å². The summed E-state index contributed by atoms with van der Waals surface area (Å²) in [7, 11) is 0. The molecule has 1 saturated heterocycles. The molecule has 112 valence electrons. The molecule has 0 bridgehead atoms. The monoisotopic (exact) mass is 284 g/mol. The molecule has 1 aliphatic rings. The van der Waals surface area contributed by atoms with Crippen LogP contribution in [0.15, 0.2) is 30.3 Å². The van der Waals surface area contributed by atoms with E-state index >= 15 is 0 Å². The predicted octanol–water partition coefficient (Wildman–Crippen LogP) is -1.57. The summed E-state index contributed by atoms with van der Waals surface area (Å²) in [5.41, 5.74) is 0.858. The minimum Gasteiger partial charge on any atom is -0.394 e. The minimum atomic E-state index is -1.46. The number of benzene rings is 1. The summed E-state index contributed by atoms with van der Waals surface area (Å²) in [5.74, 6) is 0. The topological polar surface area (TPSA) is 110 Å². The number of ether oxygens (including phenoxy) is 1. The predicted molar refractivity (Wildman–Crippen MR) is 69.9 cm³/mol. The van der Waals surface area contributed by atoms with Gasteiger partial charge in [-0.05, 0) is 5.56 Å². The summed E-state index contributed by atoms with van der Waals surface area (Å²) in [6.45, 7) is -0.500. The number of aliphatic hydroxyl groups is 5. The van der Waals surface area contributed by atoms with Crippen LogP contribution in [0.5, 0.6) is 0 Å². The Hall–Kier alpha value is -1.02. The maximum absolute atomic E-state index is 10.2. The first kappa shape index (κ1) is 15.4. The van der Waals surface area contributed by atoms with Gasteiger partial charge in [-0.1, -0.05) is 30.3 Å². The molecular formula is C14H20O6. The van der Waals surface area contributed by atoms with Crippen LogP contribution < -0.4 is 0 Å². The van der Waals surface area contributed by atoms with Crippen LogP contribution in [0, 0.1) is 0 Å². The Morgan fingerprint density at radius 1 is 1.00 bits per heavy atom. The van der Waals surface area contributed by atoms with E-state index in [4.69, 9.17) is 9.84 Å². The van der Waals surface area contributed by atoms with E-state index in [2.05, 4.69) is 0 Å². The molecule has 6 nitrogen and oxygen atoms in total. The third kappa shape index (κ3) is 3.17. The summed E-state index contributed by atoms with van der Waals surface area (Å²) in [6, 6.07) is 9.16. The lowest BCUT2D eigenvalue weighted by molar-refractivity contribution is -0.248. The van der Waals surface area contributed by atoms with Crippen molar-refractivity contribution in [3.8, 4) is 0 Å². The van der Waals surface area contributed by atoms with Crippen LogP contribution in [0.3, 0.4) is 0 Å². The third-order valence-electron chi connectivity index (χ3n) is 3.60. The summed E-state index contributed by atoms with van der Waals surface area (Å²) >= 11 is 0. The van der Waals surface area contributed by atoms with Crippen molar-refractivity contribution < 1.29 is 30.3 Å². The van der Waals surface area contributed by atoms with Crippen LogP contribution in [0.4, 0.5) is 0 Å². The lowest BCUT2D eigenvalue weighted by atomic mass is 9.90. The second-order valence-corrected chi connectivity index (χ2v) is 5.05. The fourth-order valence-electron chi connectivity index (χ4n) is 2.42. The fourth-order valence-corrected chi connectivity index (χ4v) is 2.42. The Morgan fingerprint density at radius 3 is 2.25 bits per heavy atom. The van der Waals surface area contributed by atoms with Crippen LogP contribution in [-0.2, 0) is 11.2 Å². The van der Waals surface area contributed by atoms with Crippen LogP contribution in [0.25, 0.3) is 0 Å². The molecule has 0 aromatic heterocycles. The third-order valence-corrected chi connectivity index (χ3v) is 3.60. The zero-order chi connectivity index (χ0) is 14.7. The summed E-state index contributed by atoms with van der Waals surface area (Å²) in [6.07, 6.45) is -7.15. The second-order valence-electron chi connectivity index (χ2n) is 5.05. The highest BCUT2D eigenvalue weighted by atomic mass is 16.6. The van der Waals surface area contributed by atoms with Crippen molar-refractivity contribution in [3.63, 3.8) is 0 Å². The van der Waals surface area contributed by atoms with Gasteiger partial charge in [-0.15, -0.1) is 0 Å². The first-order chi connectivity index (χ1) is 9.54. The molecular weight excluding hydrogens is 264 g/mol. The molecule has 6 heteroatoms. The molecule has 1 fully saturated rings. The Morgan fingerprint density at radius 2 is 1.65 bits per heavy atom. The van der Waals surface area contributed by atoms with E-state index in [-0.39, 0.29) is 6.42 Å². The molecule has 0 amide bonds. The molecule has 0 aliphatic carbocycles. The highest BCUT2D eigenvalue weighted by Crippen LogP contribution is 2.24. The average Bonchev–Trinajstić information content (AvgIpc) is 2.46. The van der Waals surface area contributed by atoms with E-state index in [1.807, 2.05) is 30.3 Å². The summed E-state index contributed by atoms with van der Waals surface area (Å²) in [5, 5.41) is 48.5. The van der Waals surface area contributed by atoms with E-state index in [1.54, 1.807) is 0 Å². The van der Waals surface area contributed by atoms with E-state index < -0.39 is 43.2 Å². The van der Waals surface area contributed by atoms with Gasteiger partial charge in [-0.2, -0.15) is 0 Å². The zero-order valence-corrected chi connectivity index (χ0v) is 10.9. The van der Waals surface area contributed by atoms with Gasteiger partial charge in [-0.3, -0.25) is 0 Å². The van der Waals surface area contributed by atoms with Crippen molar-refractivity contribution in [2.45, 2.75) is 43.0 Å². The van der Waals surface area contributed by atoms with E-state index in [0.29, 0.717) is 0 Å². The van der Waals surface area contributed by atoms with Crippen LogP contribution in [-0.4, -0.2) is 68.8 Å². The molecule has 1 aromatic rings. The first-order valence-electron chi connectivity index (χ1n) is 6.57. The molecule has 5 N–H and O–H groups in total. The highest BCUT2D eigenvalue weighted by molar-refractivity contribution is 5.16. The SMILES string of the molecule is OC[C@H]1OC(C(O)Cc2ccccc2)[C@H](O)[C@@H](O)[C@@H]1O. The molecule has 1 heterocycles. The van der Waals surface area contributed by atoms with Gasteiger partial charge in [0.2, 0.25) is 0 Å². The molecule has 20 heavy (non-hydrogen) atoms. The van der Waals surface area contributed by atoms with Crippen LogP contribution in [0.2, 0.25) is 0 Å². The smallest absolute Gasteiger partial charge is 0.113 e. The van der Waals surface area contributed by atoms with Gasteiger partial charge >= 0.3 is 0 Å². The number of hydrogen-bond acceptors (Lipinski definition) is 6. The molecule has 0 spiro atoms. The molecule has 1 aliphatic heterocycles. The average molecular weight is 284 g/mol. The molecule has 2 rings (SSSR count). The molecule has 0 radical (unpaired) electrons. The van der Waals surface area contributed by atoms with Gasteiger partial charge in [0.1, 0.15) is 30.5 Å². The Kier molecular flexibility index (Phi) is 5.09. The van der Waals surface area contributed by atoms with Crippen LogP contribution >= 0.6 is 0 Å². The van der Waals surface area contributed by atoms with Crippen molar-refractivity contribution in [3.05, 3.63) is 35.9 Å². The standard InChI is InChI=1S/C14H20O6/c15-7-10-11(17)12(18)13(19)14(20-10)9(16)6-8-4-2-1-3-5-8/h1-5,9-19H,6-7H2/t9?,10-,11-,12+,13-,14?/m1/s1. The quantitative estimate of drug-likeness (QED) is 0.457. The van der Waals surface area contributed by atoms with Gasteiger partial charge in [-0.25, -0.2) is 0 Å². The zero-order valence-electron chi connectivity index (χ0n) is 10.9. The van der Waals surface area contributed by atoms with E-state index in [0.717, 1.165) is 5.56 Å². The molecule has 2 unspecified atom stereocenters. The normalized spacial score (nSPS) is 35.8. The lowest BCUT2D eigenvalue weighted by Gasteiger charge is -2.41. The fraction of sp³-hybridized carbons (Fsp3) is 0.571. The molecule has 6 atom stereocenters. The minimum absolute atomic E-state index is 0.240. The van der Waals surface area contributed by atoms with Crippen LogP contribution in [0.1, 0.15) is 5.56 Å². The summed E-state index contributed by atoms with van der Waals surface area (Å²) < 4.78 is 5.30. The summed E-state index contributed by atoms with van der Waals surface area (Å²) in [4.78, 5) is 0. The second kappa shape index (κ2) is 6.62. The Bertz CT molecular complexity index is 409. The van der Waals surface area contributed by atoms with Gasteiger partial charge < -0.3 is 30.3 Å². The number of rotatable bonds is 4. The van der Waals surface area contributed by atoms with E-state index in [9.17, 15) is 20.4 Å². The molecule has 0 saturated carbocycles. The van der Waals surface area contributed by atoms with E-state index in [1.165, 1.54) is 0 Å². The Balaban J connectivity index is 2.06. The van der Waals surface area contributed by atoms with Crippen molar-refractivity contribution in [1.82, 2.24) is 0 Å². The highest BCUT2D eigenvalue weighted by Gasteiger charge is 2.45. The maximum Gasteiger partial charge on any atom is 0.113 e. The largest absolute Gasteiger partial charge is 0.394 e. The van der Waals surface area contributed by atoms with Gasteiger partial charge in [0.15, 0.2) is 0 Å².